The molecule has 0 bridgehead atoms. The maximum Gasteiger partial charge on any atom is 0.256 e. The van der Waals surface area contributed by atoms with Gasteiger partial charge in [0.25, 0.3) is 6.71 Å². The van der Waals surface area contributed by atoms with Crippen molar-refractivity contribution >= 4 is 83.8 Å². The van der Waals surface area contributed by atoms with E-state index in [9.17, 15) is 16.4 Å². The summed E-state index contributed by atoms with van der Waals surface area (Å²) in [4.78, 5) is 2.11. The van der Waals surface area contributed by atoms with Crippen LogP contribution in [0.4, 0.5) is 17.1 Å². The van der Waals surface area contributed by atoms with Gasteiger partial charge >= 0.3 is 0 Å². The van der Waals surface area contributed by atoms with Gasteiger partial charge in [-0.05, 0) is 174 Å². The van der Waals surface area contributed by atoms with E-state index < -0.39 is 114 Å². The Morgan fingerprint density at radius 3 is 1.31 bits per heavy atom. The summed E-state index contributed by atoms with van der Waals surface area (Å²) in [5.74, 6) is 1.40. The van der Waals surface area contributed by atoms with Crippen molar-refractivity contribution in [1.82, 2.24) is 9.13 Å². The molecule has 0 N–H and O–H groups in total. The third-order valence-electron chi connectivity index (χ3n) is 21.5. The first kappa shape index (κ1) is 46.3. The molecule has 0 saturated heterocycles. The van der Waals surface area contributed by atoms with Crippen LogP contribution in [0.5, 0.6) is 23.0 Å². The molecule has 5 heterocycles. The molecule has 0 spiro atoms. The van der Waals surface area contributed by atoms with Gasteiger partial charge in [0.15, 0.2) is 0 Å². The van der Waals surface area contributed by atoms with Gasteiger partial charge in [0.05, 0.1) is 57.8 Å². The van der Waals surface area contributed by atoms with Gasteiger partial charge in [-0.3, -0.25) is 0 Å². The zero-order valence-corrected chi connectivity index (χ0v) is 58.1. The van der Waals surface area contributed by atoms with Gasteiger partial charge in [-0.15, -0.1) is 0 Å². The second-order valence-corrected chi connectivity index (χ2v) is 28.5. The van der Waals surface area contributed by atoms with Gasteiger partial charge in [0.2, 0.25) is 0 Å². The summed E-state index contributed by atoms with van der Waals surface area (Å²) < 4.78 is 190. The highest BCUT2D eigenvalue weighted by Gasteiger charge is 2.47. The molecule has 504 valence electrons. The first-order chi connectivity index (χ1) is 60.1. The lowest BCUT2D eigenvalue weighted by Crippen LogP contribution is -2.59. The summed E-state index contributed by atoms with van der Waals surface area (Å²) in [5.41, 5.74) is 12.6. The molecule has 18 aromatic rings. The van der Waals surface area contributed by atoms with E-state index in [2.05, 4.69) is 147 Å². The Hall–Kier alpha value is -13.4. The Morgan fingerprint density at radius 1 is 0.327 bits per heavy atom. The standard InChI is InChI=1S/C101H70BN3O2/c1-100(2,3)75-61-82(70-34-26-32-67(56-70)65-28-8-4-9-29-65)99(83(62-75)71-35-27-33-68(57-71)66-30-10-5-11-31-66)105-92-63-76(103-88-45-21-16-40-78(88)79-41-17-22-46-89(79)103)51-54-86(92)102-87-55-52-77(104-90-47-23-18-42-80(90)81-43-19-24-48-91(81)104)64-96(87)107-97-60-72(58-93(105)98(97)102)69-50-53-85-95(59-69)106-94-49-25-20-44-84(94)101(85,73-36-12-6-13-37-73)74-38-14-7-15-39-74/h4-64H,1-3H3/i16D,17D,18D,19D,21D,22D,23D,24D,40D,41D,42D,43D,45D,46D,47D,48D,54D,55D. The summed E-state index contributed by atoms with van der Waals surface area (Å²) in [6, 6.07) is 76.3. The quantitative estimate of drug-likeness (QED) is 0.128. The smallest absolute Gasteiger partial charge is 0.256 e. The van der Waals surface area contributed by atoms with Gasteiger partial charge in [-0.1, -0.05) is 293 Å². The van der Waals surface area contributed by atoms with Crippen LogP contribution in [-0.4, -0.2) is 15.8 Å². The molecule has 6 heteroatoms. The second kappa shape index (κ2) is 24.3. The molecule has 0 saturated carbocycles. The molecule has 2 aromatic heterocycles. The summed E-state index contributed by atoms with van der Waals surface area (Å²) >= 11 is 0. The predicted molar refractivity (Wildman–Crippen MR) is 445 cm³/mol. The van der Waals surface area contributed by atoms with Crippen LogP contribution in [0.25, 0.3) is 111 Å². The highest BCUT2D eigenvalue weighted by molar-refractivity contribution is 6.99. The molecule has 0 unspecified atom stereocenters. The molecule has 16 aromatic carbocycles. The topological polar surface area (TPSA) is 31.6 Å². The number of fused-ring (bicyclic) bond motifs is 12. The maximum absolute atomic E-state index is 11.3. The van der Waals surface area contributed by atoms with E-state index in [0.717, 1.165) is 61.2 Å². The first-order valence-electron chi connectivity index (χ1n) is 44.7. The minimum absolute atomic E-state index is 0.0225. The fourth-order valence-corrected chi connectivity index (χ4v) is 16.7. The lowest BCUT2D eigenvalue weighted by Gasteiger charge is -2.42. The van der Waals surface area contributed by atoms with E-state index in [4.69, 9.17) is 17.7 Å². The SMILES string of the molecule is [2H]c1cc(-n2c3c([2H])c([2H])c([2H])c([2H])c3c3c([2H])c([2H])c([2H])c([2H])c32)cc2c1B1c3c([2H])cc(-n4c5c([2H])c([2H])c([2H])c([2H])c5c5c([2H])c([2H])c([2H])c([2H])c54)cc3N(c3c(-c4cccc(-c5ccccc5)c4)cc(C(C)(C)C)cc3-c3cccc(-c4ccccc4)c3)c3cc(-c4ccc5c(c4)Oc4ccccc4C5(c4ccccc4)c4ccccc4)cc(c31)O2. The first-order valence-corrected chi connectivity index (χ1v) is 35.7. The minimum atomic E-state index is -1.20. The van der Waals surface area contributed by atoms with Gasteiger partial charge in [-0.2, -0.15) is 0 Å². The molecule has 5 nitrogen and oxygen atoms in total. The van der Waals surface area contributed by atoms with Crippen molar-refractivity contribution < 1.29 is 34.1 Å². The summed E-state index contributed by atoms with van der Waals surface area (Å²) in [6.07, 6.45) is 0. The number of rotatable bonds is 10. The molecule has 0 aliphatic carbocycles. The maximum atomic E-state index is 11.3. The second-order valence-electron chi connectivity index (χ2n) is 28.5. The molecular formula is C101H70BN3O2. The van der Waals surface area contributed by atoms with Gasteiger partial charge < -0.3 is 23.5 Å². The largest absolute Gasteiger partial charge is 0.458 e. The van der Waals surface area contributed by atoms with Crippen LogP contribution in [0.1, 0.15) is 73.3 Å². The van der Waals surface area contributed by atoms with Crippen molar-refractivity contribution in [2.24, 2.45) is 0 Å². The molecule has 107 heavy (non-hydrogen) atoms. The number of benzene rings is 16. The fraction of sp³-hybridized carbons (Fsp3) is 0.0495. The molecule has 0 amide bonds. The highest BCUT2D eigenvalue weighted by Crippen LogP contribution is 2.58. The normalized spacial score (nSPS) is 15.5. The molecule has 3 aliphatic heterocycles. The summed E-state index contributed by atoms with van der Waals surface area (Å²) in [6.45, 7) is 5.28. The van der Waals surface area contributed by atoms with Gasteiger partial charge in [-0.25, -0.2) is 0 Å². The lowest BCUT2D eigenvalue weighted by molar-refractivity contribution is 0.434. The van der Waals surface area contributed by atoms with Crippen LogP contribution in [-0.2, 0) is 10.8 Å². The van der Waals surface area contributed by atoms with Crippen LogP contribution in [0.15, 0.2) is 370 Å². The monoisotopic (exact) mass is 1390 g/mol. The van der Waals surface area contributed by atoms with Gasteiger partial charge in [0, 0.05) is 72.6 Å². The Bertz CT molecular complexity index is 7470. The van der Waals surface area contributed by atoms with Crippen molar-refractivity contribution in [1.29, 1.82) is 0 Å². The third kappa shape index (κ3) is 9.79. The van der Waals surface area contributed by atoms with Crippen molar-refractivity contribution in [3.63, 3.8) is 0 Å². The molecule has 3 aliphatic rings. The van der Waals surface area contributed by atoms with E-state index >= 15 is 0 Å². The third-order valence-corrected chi connectivity index (χ3v) is 21.5. The van der Waals surface area contributed by atoms with E-state index in [0.29, 0.717) is 50.6 Å². The van der Waals surface area contributed by atoms with Crippen LogP contribution in [0, 0.1) is 0 Å². The highest BCUT2D eigenvalue weighted by atomic mass is 16.5. The molecule has 0 fully saturated rings. The van der Waals surface area contributed by atoms with E-state index in [1.54, 1.807) is 12.1 Å². The van der Waals surface area contributed by atoms with E-state index in [1.165, 1.54) is 21.3 Å². The minimum Gasteiger partial charge on any atom is -0.458 e. The van der Waals surface area contributed by atoms with Crippen molar-refractivity contribution in [2.75, 3.05) is 4.90 Å². The molecule has 0 radical (unpaired) electrons. The number of anilines is 3. The Labute approximate surface area is 648 Å². The van der Waals surface area contributed by atoms with Crippen LogP contribution in [0.3, 0.4) is 0 Å². The van der Waals surface area contributed by atoms with E-state index in [1.807, 2.05) is 115 Å². The number of nitrogens with zero attached hydrogens (tertiary/aromatic N) is 3. The van der Waals surface area contributed by atoms with Crippen LogP contribution >= 0.6 is 0 Å². The van der Waals surface area contributed by atoms with Crippen molar-refractivity contribution in [3.8, 4) is 90.0 Å². The number of hydrogen-bond acceptors (Lipinski definition) is 3. The average Bonchev–Trinajstić information content (AvgIpc) is 1.62. The summed E-state index contributed by atoms with van der Waals surface area (Å²) in [5, 5.41) is -0.712. The number of hydrogen-bond donors (Lipinski definition) is 0. The number of para-hydroxylation sites is 5. The average molecular weight is 1390 g/mol. The number of aromatic nitrogens is 2. The Morgan fingerprint density at radius 2 is 0.766 bits per heavy atom. The zero-order valence-electron chi connectivity index (χ0n) is 76.1. The fourth-order valence-electron chi connectivity index (χ4n) is 16.7. The van der Waals surface area contributed by atoms with Crippen molar-refractivity contribution in [3.05, 3.63) is 397 Å². The molecular weight excluding hydrogens is 1300 g/mol. The number of ether oxygens (including phenoxy) is 2. The Kier molecular flexibility index (Phi) is 10.5. The summed E-state index contributed by atoms with van der Waals surface area (Å²) in [7, 11) is 0. The zero-order chi connectivity index (χ0) is 86.7. The van der Waals surface area contributed by atoms with Crippen LogP contribution < -0.4 is 30.8 Å². The lowest BCUT2D eigenvalue weighted by atomic mass is 9.34. The molecule has 21 rings (SSSR count). The molecule has 0 atom stereocenters. The van der Waals surface area contributed by atoms with Crippen LogP contribution in [0.2, 0.25) is 0 Å². The predicted octanol–water partition coefficient (Wildman–Crippen LogP) is 24.4. The Balaban J connectivity index is 0.938. The van der Waals surface area contributed by atoms with Gasteiger partial charge in [0.1, 0.15) is 23.0 Å². The van der Waals surface area contributed by atoms with E-state index in [-0.39, 0.29) is 95.2 Å². The van der Waals surface area contributed by atoms with Crippen molar-refractivity contribution in [2.45, 2.75) is 31.6 Å².